The van der Waals surface area contributed by atoms with Gasteiger partial charge in [0, 0.05) is 60.2 Å². The quantitative estimate of drug-likeness (QED) is 0.123. The van der Waals surface area contributed by atoms with Gasteiger partial charge in [0.25, 0.3) is 0 Å². The van der Waals surface area contributed by atoms with Crippen molar-refractivity contribution in [2.75, 3.05) is 33.9 Å². The van der Waals surface area contributed by atoms with E-state index in [9.17, 15) is 14.7 Å². The Balaban J connectivity index is 1.11. The highest BCUT2D eigenvalue weighted by atomic mass is 35.5. The van der Waals surface area contributed by atoms with Gasteiger partial charge in [0.2, 0.25) is 5.91 Å². The van der Waals surface area contributed by atoms with Crippen LogP contribution >= 0.6 is 11.6 Å². The number of amides is 1. The van der Waals surface area contributed by atoms with Crippen LogP contribution in [0.1, 0.15) is 41.5 Å². The Labute approximate surface area is 308 Å². The highest BCUT2D eigenvalue weighted by Gasteiger charge is 2.29. The van der Waals surface area contributed by atoms with Crippen LogP contribution in [0, 0.1) is 12.8 Å². The van der Waals surface area contributed by atoms with Gasteiger partial charge >= 0.3 is 5.97 Å². The molecule has 52 heavy (non-hydrogen) atoms. The number of rotatable bonds is 13. The zero-order valence-corrected chi connectivity index (χ0v) is 30.5. The smallest absolute Gasteiger partial charge is 0.307 e. The molecular formula is C41H44ClN5O5. The molecule has 11 heteroatoms. The van der Waals surface area contributed by atoms with E-state index in [4.69, 9.17) is 26.2 Å². The van der Waals surface area contributed by atoms with E-state index < -0.39 is 5.97 Å². The number of benzene rings is 4. The maximum atomic E-state index is 11.6. The lowest BCUT2D eigenvalue weighted by Crippen LogP contribution is -2.35. The first-order chi connectivity index (χ1) is 25.2. The number of carboxylic acids is 1. The third kappa shape index (κ3) is 7.37. The molecule has 0 saturated carbocycles. The second kappa shape index (κ2) is 15.4. The Morgan fingerprint density at radius 2 is 1.73 bits per heavy atom. The monoisotopic (exact) mass is 721 g/mol. The fraction of sp³-hybridized carbons (Fsp3) is 0.341. The Morgan fingerprint density at radius 3 is 2.48 bits per heavy atom. The summed E-state index contributed by atoms with van der Waals surface area (Å²) in [6, 6.07) is 23.1. The summed E-state index contributed by atoms with van der Waals surface area (Å²) >= 11 is 6.87. The number of nitrogens with zero attached hydrogens (tertiary/aromatic N) is 3. The predicted octanol–water partition coefficient (Wildman–Crippen LogP) is 6.67. The summed E-state index contributed by atoms with van der Waals surface area (Å²) in [5.41, 5.74) is 9.46. The van der Waals surface area contributed by atoms with E-state index in [0.29, 0.717) is 44.0 Å². The van der Waals surface area contributed by atoms with Crippen LogP contribution in [-0.2, 0) is 29.2 Å². The molecular weight excluding hydrogens is 678 g/mol. The Morgan fingerprint density at radius 1 is 0.962 bits per heavy atom. The maximum Gasteiger partial charge on any atom is 0.307 e. The first-order valence-corrected chi connectivity index (χ1v) is 18.1. The van der Waals surface area contributed by atoms with Crippen molar-refractivity contribution in [3.05, 3.63) is 100 Å². The minimum atomic E-state index is -0.746. The average molecular weight is 722 g/mol. The van der Waals surface area contributed by atoms with Gasteiger partial charge < -0.3 is 25.2 Å². The van der Waals surface area contributed by atoms with Crippen molar-refractivity contribution in [3.8, 4) is 33.8 Å². The molecule has 2 aliphatic heterocycles. The second-order valence-electron chi connectivity index (χ2n) is 13.8. The van der Waals surface area contributed by atoms with Crippen LogP contribution in [0.4, 0.5) is 0 Å². The normalized spacial score (nSPS) is 17.5. The number of ether oxygens (including phenoxy) is 2. The maximum absolute atomic E-state index is 11.6. The molecule has 2 saturated heterocycles. The topological polar surface area (TPSA) is 118 Å². The van der Waals surface area contributed by atoms with Gasteiger partial charge in [-0.3, -0.25) is 19.2 Å². The number of aromatic nitrogens is 2. The van der Waals surface area contributed by atoms with Crippen molar-refractivity contribution >= 4 is 34.4 Å². The number of nitrogens with one attached hydrogen (secondary N) is 2. The Hall–Kier alpha value is -4.90. The van der Waals surface area contributed by atoms with E-state index in [1.165, 1.54) is 0 Å². The molecule has 4 aromatic carbocycles. The summed E-state index contributed by atoms with van der Waals surface area (Å²) in [4.78, 5) is 25.1. The van der Waals surface area contributed by atoms with Gasteiger partial charge in [0.05, 0.1) is 38.4 Å². The first kappa shape index (κ1) is 35.5. The van der Waals surface area contributed by atoms with Crippen molar-refractivity contribution in [2.45, 2.75) is 51.9 Å². The molecule has 0 spiro atoms. The molecule has 3 heterocycles. The molecule has 7 rings (SSSR count). The van der Waals surface area contributed by atoms with Crippen LogP contribution in [0.25, 0.3) is 33.2 Å². The number of halogens is 1. The molecule has 2 fully saturated rings. The minimum absolute atomic E-state index is 0.123. The van der Waals surface area contributed by atoms with Crippen LogP contribution in [-0.4, -0.2) is 71.6 Å². The molecule has 2 atom stereocenters. The van der Waals surface area contributed by atoms with Crippen LogP contribution in [0.15, 0.2) is 72.9 Å². The lowest BCUT2D eigenvalue weighted by Gasteiger charge is -2.19. The lowest BCUT2D eigenvalue weighted by atomic mass is 9.91. The number of aliphatic carboxylic acids is 1. The van der Waals surface area contributed by atoms with E-state index >= 15 is 0 Å². The van der Waals surface area contributed by atoms with Crippen LogP contribution in [0.2, 0.25) is 5.02 Å². The Kier molecular flexibility index (Phi) is 10.5. The van der Waals surface area contributed by atoms with E-state index in [1.807, 2.05) is 23.0 Å². The standard InChI is InChI=1S/C41H44ClN5O5/c1-25-32(26-10-11-27(38(17-26)51-2)19-43-20-31-12-13-40(48)45-31)6-4-7-33(25)34-8-5-9-37-35(34)21-44-47(37)24-29-18-39(52-3)30(16-36(29)42)23-46-15-14-28(22-46)41(49)50/h4-11,16-18,21,28,31,43H,12-15,19-20,22-24H2,1-3H3,(H,45,48)(H,49,50)/t28-,31+/m1/s1. The largest absolute Gasteiger partial charge is 0.496 e. The molecule has 0 aliphatic carbocycles. The zero-order valence-electron chi connectivity index (χ0n) is 29.7. The number of likely N-dealkylation sites (tertiary alicyclic amines) is 1. The molecule has 3 N–H and O–H groups in total. The van der Waals surface area contributed by atoms with Gasteiger partial charge in [0.1, 0.15) is 11.5 Å². The van der Waals surface area contributed by atoms with Gasteiger partial charge in [-0.05, 0) is 84.0 Å². The lowest BCUT2D eigenvalue weighted by molar-refractivity contribution is -0.141. The average Bonchev–Trinajstić information content (AvgIpc) is 3.90. The molecule has 1 aromatic heterocycles. The zero-order chi connectivity index (χ0) is 36.4. The summed E-state index contributed by atoms with van der Waals surface area (Å²) in [5, 5.41) is 22.4. The minimum Gasteiger partial charge on any atom is -0.496 e. The molecule has 0 unspecified atom stereocenters. The number of carbonyl (C=O) groups is 2. The third-order valence-electron chi connectivity index (χ3n) is 10.5. The van der Waals surface area contributed by atoms with E-state index in [-0.39, 0.29) is 17.9 Å². The molecule has 5 aromatic rings. The van der Waals surface area contributed by atoms with Crippen LogP contribution in [0.5, 0.6) is 11.5 Å². The van der Waals surface area contributed by atoms with E-state index in [1.54, 1.807) is 14.2 Å². The van der Waals surface area contributed by atoms with Gasteiger partial charge in [-0.2, -0.15) is 5.10 Å². The summed E-state index contributed by atoms with van der Waals surface area (Å²) in [6.45, 7) is 5.82. The van der Waals surface area contributed by atoms with Crippen LogP contribution in [0.3, 0.4) is 0 Å². The molecule has 1 amide bonds. The van der Waals surface area contributed by atoms with Crippen molar-refractivity contribution in [1.29, 1.82) is 0 Å². The molecule has 2 aliphatic rings. The number of fused-ring (bicyclic) bond motifs is 1. The van der Waals surface area contributed by atoms with Crippen molar-refractivity contribution < 1.29 is 24.2 Å². The van der Waals surface area contributed by atoms with E-state index in [2.05, 4.69) is 77.1 Å². The Bertz CT molecular complexity index is 2130. The number of hydrogen-bond donors (Lipinski definition) is 3. The number of hydrogen-bond acceptors (Lipinski definition) is 7. The molecule has 0 radical (unpaired) electrons. The van der Waals surface area contributed by atoms with Crippen molar-refractivity contribution in [2.24, 2.45) is 5.92 Å². The molecule has 0 bridgehead atoms. The van der Waals surface area contributed by atoms with Crippen LogP contribution < -0.4 is 20.1 Å². The SMILES string of the molecule is COc1cc(-c2cccc(-c3cccc4c3cnn4Cc3cc(OC)c(CN4CC[C@@H](C(=O)O)C4)cc3Cl)c2C)ccc1CNC[C@@H]1CCC(=O)N1. The van der Waals surface area contributed by atoms with Gasteiger partial charge in [0.15, 0.2) is 0 Å². The van der Waals surface area contributed by atoms with Crippen molar-refractivity contribution in [1.82, 2.24) is 25.3 Å². The second-order valence-corrected chi connectivity index (χ2v) is 14.2. The predicted molar refractivity (Wildman–Crippen MR) is 203 cm³/mol. The third-order valence-corrected chi connectivity index (χ3v) is 10.8. The fourth-order valence-electron chi connectivity index (χ4n) is 7.63. The van der Waals surface area contributed by atoms with Gasteiger partial charge in [-0.15, -0.1) is 0 Å². The summed E-state index contributed by atoms with van der Waals surface area (Å²) < 4.78 is 13.6. The van der Waals surface area contributed by atoms with Gasteiger partial charge in [-0.1, -0.05) is 54.1 Å². The summed E-state index contributed by atoms with van der Waals surface area (Å²) in [5.74, 6) is 0.581. The number of carboxylic acid groups (broad SMARTS) is 1. The van der Waals surface area contributed by atoms with Crippen molar-refractivity contribution in [3.63, 3.8) is 0 Å². The summed E-state index contributed by atoms with van der Waals surface area (Å²) in [7, 11) is 3.35. The fourth-order valence-corrected chi connectivity index (χ4v) is 7.87. The first-order valence-electron chi connectivity index (χ1n) is 17.7. The molecule has 10 nitrogen and oxygen atoms in total. The van der Waals surface area contributed by atoms with Gasteiger partial charge in [-0.25, -0.2) is 0 Å². The molecule has 270 valence electrons. The van der Waals surface area contributed by atoms with E-state index in [0.717, 1.165) is 86.4 Å². The number of methoxy groups -OCH3 is 2. The highest BCUT2D eigenvalue weighted by molar-refractivity contribution is 6.31. The summed E-state index contributed by atoms with van der Waals surface area (Å²) in [6.07, 6.45) is 4.03. The number of carbonyl (C=O) groups excluding carboxylic acids is 1. The highest BCUT2D eigenvalue weighted by Crippen LogP contribution is 2.38.